The molecule has 0 unspecified atom stereocenters. The Morgan fingerprint density at radius 2 is 1.42 bits per heavy atom. The number of aliphatic hydroxyl groups is 2. The number of carbonyl (C=O) groups excluding carboxylic acids is 6. The molecule has 3 amide bonds. The number of carbonyl (C=O) groups is 6. The summed E-state index contributed by atoms with van der Waals surface area (Å²) in [5, 5.41) is 23.1. The molecule has 3 N–H and O–H groups in total. The highest BCUT2D eigenvalue weighted by Gasteiger charge is 2.51. The predicted molar refractivity (Wildman–Crippen MR) is 204 cm³/mol. The van der Waals surface area contributed by atoms with E-state index in [0.717, 1.165) is 59.5 Å². The molecular weight excluding hydrogens is 750 g/mol. The molecule has 1 heterocycles. The minimum atomic E-state index is -1.70. The van der Waals surface area contributed by atoms with Gasteiger partial charge in [-0.25, -0.2) is 9.59 Å². The highest BCUT2D eigenvalue weighted by Crippen LogP contribution is 2.34. The number of rotatable bonds is 21. The number of amides is 3. The number of likely N-dealkylation sites (N-methyl/N-ethyl adjacent to an activating group) is 2. The molecule has 5 atom stereocenters. The second kappa shape index (κ2) is 24.2. The number of hydrogen-bond donors (Lipinski definition) is 3. The molecule has 0 aromatic heterocycles. The third-order valence-electron chi connectivity index (χ3n) is 8.59. The summed E-state index contributed by atoms with van der Waals surface area (Å²) in [5.41, 5.74) is -0.0875. The highest BCUT2D eigenvalue weighted by molar-refractivity contribution is 5.92. The minimum absolute atomic E-state index is 0.0155. The van der Waals surface area contributed by atoms with Crippen LogP contribution >= 0.6 is 0 Å². The summed E-state index contributed by atoms with van der Waals surface area (Å²) in [6.07, 6.45) is -2.99. The molecule has 322 valence electrons. The number of anilines is 1. The number of ether oxygens (including phenoxy) is 7. The van der Waals surface area contributed by atoms with Gasteiger partial charge in [-0.05, 0) is 51.3 Å². The molecule has 0 saturated carbocycles. The fourth-order valence-corrected chi connectivity index (χ4v) is 5.62. The van der Waals surface area contributed by atoms with Crippen LogP contribution in [-0.2, 0) is 54.2 Å². The van der Waals surface area contributed by atoms with E-state index in [0.29, 0.717) is 12.0 Å². The van der Waals surface area contributed by atoms with Crippen LogP contribution in [0.25, 0.3) is 0 Å². The molecule has 0 spiro atoms. The van der Waals surface area contributed by atoms with Gasteiger partial charge in [0.05, 0.1) is 19.2 Å². The Kier molecular flexibility index (Phi) is 20.6. The first kappa shape index (κ1) is 48.5. The summed E-state index contributed by atoms with van der Waals surface area (Å²) in [7, 11) is 4.22. The van der Waals surface area contributed by atoms with Crippen molar-refractivity contribution in [1.29, 1.82) is 0 Å². The van der Waals surface area contributed by atoms with Gasteiger partial charge in [-0.2, -0.15) is 0 Å². The van der Waals surface area contributed by atoms with Crippen LogP contribution in [0.3, 0.4) is 0 Å². The van der Waals surface area contributed by atoms with E-state index in [9.17, 15) is 33.9 Å². The number of aliphatic hydroxyl groups excluding tert-OH is 2. The third kappa shape index (κ3) is 18.0. The van der Waals surface area contributed by atoms with Gasteiger partial charge < -0.3 is 58.5 Å². The van der Waals surface area contributed by atoms with Crippen LogP contribution in [0, 0.1) is 0 Å². The van der Waals surface area contributed by atoms with Crippen LogP contribution in [-0.4, -0.2) is 133 Å². The van der Waals surface area contributed by atoms with Crippen LogP contribution < -0.4 is 10.1 Å². The Morgan fingerprint density at radius 1 is 0.842 bits per heavy atom. The number of esters is 3. The second-order valence-corrected chi connectivity index (χ2v) is 14.8. The van der Waals surface area contributed by atoms with E-state index in [4.69, 9.17) is 38.3 Å². The lowest BCUT2D eigenvalue weighted by Crippen LogP contribution is -2.61. The molecule has 1 fully saturated rings. The zero-order valence-electron chi connectivity index (χ0n) is 34.4. The van der Waals surface area contributed by atoms with Crippen LogP contribution in [0.15, 0.2) is 18.2 Å². The van der Waals surface area contributed by atoms with E-state index < -0.39 is 72.8 Å². The predicted octanol–water partition coefficient (Wildman–Crippen LogP) is 4.06. The van der Waals surface area contributed by atoms with Crippen molar-refractivity contribution in [3.8, 4) is 5.75 Å². The highest BCUT2D eigenvalue weighted by atomic mass is 16.7. The zero-order chi connectivity index (χ0) is 42.7. The van der Waals surface area contributed by atoms with Crippen molar-refractivity contribution in [2.75, 3.05) is 46.2 Å². The van der Waals surface area contributed by atoms with Gasteiger partial charge in [0.2, 0.25) is 12.2 Å². The normalized spacial score (nSPS) is 19.1. The summed E-state index contributed by atoms with van der Waals surface area (Å²) >= 11 is 0. The molecule has 18 heteroatoms. The smallest absolute Gasteiger partial charge is 0.410 e. The van der Waals surface area contributed by atoms with Gasteiger partial charge in [-0.15, -0.1) is 0 Å². The lowest BCUT2D eigenvalue weighted by atomic mass is 9.96. The van der Waals surface area contributed by atoms with Crippen molar-refractivity contribution in [3.05, 3.63) is 23.8 Å². The molecular formula is C39H61N3O15. The fraction of sp³-hybridized carbons (Fsp3) is 0.692. The lowest BCUT2D eigenvalue weighted by Gasteiger charge is -2.42. The Balaban J connectivity index is 2.29. The van der Waals surface area contributed by atoms with Crippen LogP contribution in [0.4, 0.5) is 15.3 Å². The summed E-state index contributed by atoms with van der Waals surface area (Å²) < 4.78 is 38.3. The van der Waals surface area contributed by atoms with Crippen LogP contribution in [0.2, 0.25) is 0 Å². The summed E-state index contributed by atoms with van der Waals surface area (Å²) in [6, 6.07) is 4.53. The SMILES string of the molecule is COC(=O)C[C@H]1O[C@@H](Oc2ccc(COC(=O)N(C)CCN(C)C(=O)OC(C)(C)C)cc2NC(=O)CCCCCCCCCO)[C@H](OC(C)=O)[C@@H](O)[C@@H]1OC(C)=O. The van der Waals surface area contributed by atoms with Gasteiger partial charge in [-0.3, -0.25) is 19.2 Å². The third-order valence-corrected chi connectivity index (χ3v) is 8.59. The van der Waals surface area contributed by atoms with Gasteiger partial charge in [0.25, 0.3) is 0 Å². The summed E-state index contributed by atoms with van der Waals surface area (Å²) in [6.45, 7) is 7.73. The maximum atomic E-state index is 13.2. The van der Waals surface area contributed by atoms with Gasteiger partial charge in [0.1, 0.15) is 30.2 Å². The van der Waals surface area contributed by atoms with Crippen LogP contribution in [0.1, 0.15) is 98.0 Å². The Bertz CT molecular complexity index is 1480. The monoisotopic (exact) mass is 811 g/mol. The minimum Gasteiger partial charge on any atom is -0.469 e. The Labute approximate surface area is 334 Å². The number of benzene rings is 1. The van der Waals surface area contributed by atoms with Gasteiger partial charge >= 0.3 is 30.1 Å². The molecule has 1 aliphatic heterocycles. The zero-order valence-corrected chi connectivity index (χ0v) is 34.4. The molecule has 57 heavy (non-hydrogen) atoms. The number of nitrogens with one attached hydrogen (secondary N) is 1. The molecule has 1 aromatic carbocycles. The van der Waals surface area contributed by atoms with Crippen molar-refractivity contribution in [3.63, 3.8) is 0 Å². The number of unbranched alkanes of at least 4 members (excludes halogenated alkanes) is 6. The molecule has 1 aromatic rings. The molecule has 0 aliphatic carbocycles. The van der Waals surface area contributed by atoms with E-state index in [-0.39, 0.29) is 50.1 Å². The largest absolute Gasteiger partial charge is 0.469 e. The lowest BCUT2D eigenvalue weighted by molar-refractivity contribution is -0.281. The molecule has 0 radical (unpaired) electrons. The molecule has 0 bridgehead atoms. The van der Waals surface area contributed by atoms with Crippen molar-refractivity contribution in [1.82, 2.24) is 9.80 Å². The van der Waals surface area contributed by atoms with E-state index in [2.05, 4.69) is 5.32 Å². The molecule has 18 nitrogen and oxygen atoms in total. The van der Waals surface area contributed by atoms with Gasteiger partial charge in [0, 0.05) is 54.1 Å². The topological polar surface area (TPSA) is 226 Å². The van der Waals surface area contributed by atoms with E-state index >= 15 is 0 Å². The number of hydrogen-bond acceptors (Lipinski definition) is 15. The van der Waals surface area contributed by atoms with Crippen molar-refractivity contribution in [2.45, 2.75) is 135 Å². The molecule has 1 saturated heterocycles. The maximum Gasteiger partial charge on any atom is 0.410 e. The van der Waals surface area contributed by atoms with Crippen LogP contribution in [0.5, 0.6) is 5.75 Å². The van der Waals surface area contributed by atoms with Crippen molar-refractivity contribution < 1.29 is 72.1 Å². The second-order valence-electron chi connectivity index (χ2n) is 14.8. The standard InChI is InChI=1S/C39H61N3O15/c1-25(44)53-34-30(23-32(47)51-8)56-36(35(33(34)48)54-26(2)45)55-29-18-17-27(22-28(29)40-31(46)16-14-12-10-9-11-13-15-21-43)24-52-37(49)41(6)19-20-42(7)38(50)57-39(3,4)5/h17-18,22,30,33-36,43,48H,9-16,19-21,23-24H2,1-8H3,(H,40,46)/t30-,33+,34-,35-,36-/m1/s1. The molecule has 1 aliphatic rings. The first-order chi connectivity index (χ1) is 26.8. The number of methoxy groups -OCH3 is 1. The van der Waals surface area contributed by atoms with Crippen molar-refractivity contribution >= 4 is 41.7 Å². The quantitative estimate of drug-likeness (QED) is 0.0904. The van der Waals surface area contributed by atoms with Crippen molar-refractivity contribution in [2.24, 2.45) is 0 Å². The van der Waals surface area contributed by atoms with E-state index in [1.54, 1.807) is 33.9 Å². The maximum absolute atomic E-state index is 13.2. The van der Waals surface area contributed by atoms with Gasteiger partial charge in [0.15, 0.2) is 12.2 Å². The summed E-state index contributed by atoms with van der Waals surface area (Å²) in [5.74, 6) is -2.68. The Hall–Kier alpha value is -4.68. The van der Waals surface area contributed by atoms with E-state index in [1.807, 2.05) is 0 Å². The number of nitrogens with zero attached hydrogens (tertiary/aromatic N) is 2. The van der Waals surface area contributed by atoms with Gasteiger partial charge in [-0.1, -0.05) is 38.2 Å². The first-order valence-corrected chi connectivity index (χ1v) is 19.1. The van der Waals surface area contributed by atoms with E-state index in [1.165, 1.54) is 29.0 Å². The Morgan fingerprint density at radius 3 is 2.00 bits per heavy atom. The average Bonchev–Trinajstić information content (AvgIpc) is 3.13. The summed E-state index contributed by atoms with van der Waals surface area (Å²) in [4.78, 5) is 77.3. The fourth-order valence-electron chi connectivity index (χ4n) is 5.62. The molecule has 2 rings (SSSR count). The average molecular weight is 812 g/mol. The first-order valence-electron chi connectivity index (χ1n) is 19.1.